The zero-order chi connectivity index (χ0) is 15.1. The minimum Gasteiger partial charge on any atom is -0.468 e. The van der Waals surface area contributed by atoms with E-state index in [1.807, 2.05) is 13.8 Å². The molecule has 1 aromatic rings. The molecule has 0 unspecified atom stereocenters. The van der Waals surface area contributed by atoms with E-state index < -0.39 is 0 Å². The van der Waals surface area contributed by atoms with Crippen LogP contribution >= 0.6 is 11.6 Å². The van der Waals surface area contributed by atoms with Crippen molar-refractivity contribution in [3.63, 3.8) is 0 Å². The molecule has 110 valence electrons. The standard InChI is InChI=1S/C14H19ClN2O3/c1-10(2)17(9-14(19)20-3)8-13(18)16-12-7-5-4-6-11(12)15/h4-7,10H,8-9H2,1-3H3,(H,16,18). The van der Waals surface area contributed by atoms with Crippen molar-refractivity contribution < 1.29 is 14.3 Å². The van der Waals surface area contributed by atoms with Crippen LogP contribution in [0.2, 0.25) is 5.02 Å². The lowest BCUT2D eigenvalue weighted by Gasteiger charge is -2.24. The van der Waals surface area contributed by atoms with Crippen LogP contribution in [-0.4, -0.2) is 43.0 Å². The van der Waals surface area contributed by atoms with Gasteiger partial charge in [-0.2, -0.15) is 0 Å². The number of benzene rings is 1. The summed E-state index contributed by atoms with van der Waals surface area (Å²) in [5.41, 5.74) is 0.556. The predicted molar refractivity (Wildman–Crippen MR) is 78.8 cm³/mol. The van der Waals surface area contributed by atoms with Crippen LogP contribution in [0.15, 0.2) is 24.3 Å². The topological polar surface area (TPSA) is 58.6 Å². The highest BCUT2D eigenvalue weighted by Gasteiger charge is 2.18. The van der Waals surface area contributed by atoms with Gasteiger partial charge >= 0.3 is 5.97 Å². The fraction of sp³-hybridized carbons (Fsp3) is 0.429. The van der Waals surface area contributed by atoms with Gasteiger partial charge in [0, 0.05) is 6.04 Å². The van der Waals surface area contributed by atoms with Crippen LogP contribution in [-0.2, 0) is 14.3 Å². The Labute approximate surface area is 123 Å². The van der Waals surface area contributed by atoms with E-state index in [1.54, 1.807) is 29.2 Å². The fourth-order valence-electron chi connectivity index (χ4n) is 1.59. The van der Waals surface area contributed by atoms with Crippen LogP contribution in [0.3, 0.4) is 0 Å². The number of carbonyl (C=O) groups is 2. The van der Waals surface area contributed by atoms with Crippen LogP contribution in [0.5, 0.6) is 0 Å². The van der Waals surface area contributed by atoms with Crippen LogP contribution in [0, 0.1) is 0 Å². The second-order valence-electron chi connectivity index (χ2n) is 4.60. The van der Waals surface area contributed by atoms with Gasteiger partial charge in [0.1, 0.15) is 0 Å². The quantitative estimate of drug-likeness (QED) is 0.818. The maximum absolute atomic E-state index is 12.0. The summed E-state index contributed by atoms with van der Waals surface area (Å²) < 4.78 is 4.62. The molecule has 0 saturated heterocycles. The highest BCUT2D eigenvalue weighted by atomic mass is 35.5. The van der Waals surface area contributed by atoms with Gasteiger partial charge in [0.2, 0.25) is 5.91 Å². The molecular formula is C14H19ClN2O3. The number of para-hydroxylation sites is 1. The van der Waals surface area contributed by atoms with E-state index in [4.69, 9.17) is 11.6 Å². The highest BCUT2D eigenvalue weighted by molar-refractivity contribution is 6.33. The monoisotopic (exact) mass is 298 g/mol. The third-order valence-electron chi connectivity index (χ3n) is 2.78. The van der Waals surface area contributed by atoms with Gasteiger partial charge in [-0.1, -0.05) is 23.7 Å². The maximum Gasteiger partial charge on any atom is 0.319 e. The number of carbonyl (C=O) groups excluding carboxylic acids is 2. The summed E-state index contributed by atoms with van der Waals surface area (Å²) in [7, 11) is 1.32. The Balaban J connectivity index is 2.63. The number of rotatable bonds is 6. The molecule has 0 fully saturated rings. The van der Waals surface area contributed by atoms with Crippen molar-refractivity contribution in [3.8, 4) is 0 Å². The third-order valence-corrected chi connectivity index (χ3v) is 3.11. The molecule has 6 heteroatoms. The average Bonchev–Trinajstić information content (AvgIpc) is 2.40. The molecule has 1 rings (SSSR count). The molecule has 20 heavy (non-hydrogen) atoms. The summed E-state index contributed by atoms with van der Waals surface area (Å²) >= 11 is 5.97. The molecule has 1 amide bonds. The molecule has 0 atom stereocenters. The van der Waals surface area contributed by atoms with Crippen LogP contribution in [0.25, 0.3) is 0 Å². The number of hydrogen-bond donors (Lipinski definition) is 1. The zero-order valence-electron chi connectivity index (χ0n) is 11.9. The Bertz CT molecular complexity index is 477. The SMILES string of the molecule is COC(=O)CN(CC(=O)Nc1ccccc1Cl)C(C)C. The molecule has 0 heterocycles. The lowest BCUT2D eigenvalue weighted by atomic mass is 10.3. The number of anilines is 1. The van der Waals surface area contributed by atoms with Crippen molar-refractivity contribution in [2.45, 2.75) is 19.9 Å². The Morgan fingerprint density at radius 3 is 2.50 bits per heavy atom. The minimum absolute atomic E-state index is 0.0473. The van der Waals surface area contributed by atoms with E-state index in [0.717, 1.165) is 0 Å². The molecule has 0 saturated carbocycles. The van der Waals surface area contributed by atoms with Gasteiger partial charge < -0.3 is 10.1 Å². The first kappa shape index (κ1) is 16.5. The first-order chi connectivity index (χ1) is 9.43. The van der Waals surface area contributed by atoms with Crippen molar-refractivity contribution in [1.82, 2.24) is 4.90 Å². The van der Waals surface area contributed by atoms with Crippen molar-refractivity contribution >= 4 is 29.2 Å². The number of hydrogen-bond acceptors (Lipinski definition) is 4. The largest absolute Gasteiger partial charge is 0.468 e. The van der Waals surface area contributed by atoms with Crippen molar-refractivity contribution in [1.29, 1.82) is 0 Å². The zero-order valence-corrected chi connectivity index (χ0v) is 12.6. The van der Waals surface area contributed by atoms with Crippen LogP contribution < -0.4 is 5.32 Å². The summed E-state index contributed by atoms with van der Waals surface area (Å²) in [6.07, 6.45) is 0. The summed E-state index contributed by atoms with van der Waals surface area (Å²) in [6, 6.07) is 7.05. The molecule has 0 aliphatic carbocycles. The number of esters is 1. The van der Waals surface area contributed by atoms with E-state index in [2.05, 4.69) is 10.1 Å². The van der Waals surface area contributed by atoms with E-state index in [-0.39, 0.29) is 31.0 Å². The van der Waals surface area contributed by atoms with Gasteiger partial charge in [-0.3, -0.25) is 14.5 Å². The molecule has 0 spiro atoms. The lowest BCUT2D eigenvalue weighted by Crippen LogP contribution is -2.41. The Hall–Kier alpha value is -1.59. The fourth-order valence-corrected chi connectivity index (χ4v) is 1.77. The minimum atomic E-state index is -0.371. The number of nitrogens with zero attached hydrogens (tertiary/aromatic N) is 1. The molecule has 0 aromatic heterocycles. The normalized spacial score (nSPS) is 10.7. The molecular weight excluding hydrogens is 280 g/mol. The van der Waals surface area contributed by atoms with Crippen LogP contribution in [0.1, 0.15) is 13.8 Å². The molecule has 0 aliphatic rings. The van der Waals surface area contributed by atoms with Gasteiger partial charge in [0.15, 0.2) is 0 Å². The lowest BCUT2D eigenvalue weighted by molar-refractivity contribution is -0.142. The first-order valence-corrected chi connectivity index (χ1v) is 6.67. The van der Waals surface area contributed by atoms with Gasteiger partial charge in [-0.15, -0.1) is 0 Å². The number of nitrogens with one attached hydrogen (secondary N) is 1. The Morgan fingerprint density at radius 1 is 1.30 bits per heavy atom. The second kappa shape index (κ2) is 7.87. The summed E-state index contributed by atoms with van der Waals surface area (Å²) in [5, 5.41) is 3.20. The molecule has 0 aliphatic heterocycles. The second-order valence-corrected chi connectivity index (χ2v) is 5.01. The molecule has 0 radical (unpaired) electrons. The van der Waals surface area contributed by atoms with Gasteiger partial charge in [-0.25, -0.2) is 0 Å². The number of methoxy groups -OCH3 is 1. The maximum atomic E-state index is 12.0. The molecule has 1 aromatic carbocycles. The molecule has 0 bridgehead atoms. The highest BCUT2D eigenvalue weighted by Crippen LogP contribution is 2.20. The van der Waals surface area contributed by atoms with Crippen molar-refractivity contribution in [2.75, 3.05) is 25.5 Å². The third kappa shape index (κ3) is 5.19. The summed E-state index contributed by atoms with van der Waals surface area (Å²) in [6.45, 7) is 3.99. The average molecular weight is 299 g/mol. The number of halogens is 1. The summed E-state index contributed by atoms with van der Waals surface area (Å²) in [4.78, 5) is 25.0. The van der Waals surface area contributed by atoms with Gasteiger partial charge in [0.05, 0.1) is 30.9 Å². The van der Waals surface area contributed by atoms with E-state index in [1.165, 1.54) is 7.11 Å². The van der Waals surface area contributed by atoms with Crippen LogP contribution in [0.4, 0.5) is 5.69 Å². The van der Waals surface area contributed by atoms with E-state index in [9.17, 15) is 9.59 Å². The number of amides is 1. The Morgan fingerprint density at radius 2 is 1.95 bits per heavy atom. The first-order valence-electron chi connectivity index (χ1n) is 6.29. The van der Waals surface area contributed by atoms with Crippen molar-refractivity contribution in [3.05, 3.63) is 29.3 Å². The van der Waals surface area contributed by atoms with Crippen molar-refractivity contribution in [2.24, 2.45) is 0 Å². The van der Waals surface area contributed by atoms with E-state index in [0.29, 0.717) is 10.7 Å². The molecule has 1 N–H and O–H groups in total. The van der Waals surface area contributed by atoms with E-state index >= 15 is 0 Å². The molecule has 5 nitrogen and oxygen atoms in total. The summed E-state index contributed by atoms with van der Waals surface area (Å²) in [5.74, 6) is -0.597. The number of ether oxygens (including phenoxy) is 1. The predicted octanol–water partition coefficient (Wildman–Crippen LogP) is 2.16. The van der Waals surface area contributed by atoms with Gasteiger partial charge in [0.25, 0.3) is 0 Å². The smallest absolute Gasteiger partial charge is 0.319 e. The Kier molecular flexibility index (Phi) is 6.48. The van der Waals surface area contributed by atoms with Gasteiger partial charge in [-0.05, 0) is 26.0 Å².